The van der Waals surface area contributed by atoms with Gasteiger partial charge in [0.05, 0.1) is 11.4 Å². The quantitative estimate of drug-likeness (QED) is 0.909. The minimum atomic E-state index is 0.494. The fourth-order valence-electron chi connectivity index (χ4n) is 1.97. The molecule has 0 spiro atoms. The maximum Gasteiger partial charge on any atom is 0.130 e. The Morgan fingerprint density at radius 1 is 1.21 bits per heavy atom. The number of nitrogens with zero attached hydrogens (tertiary/aromatic N) is 2. The SMILES string of the molecule is C1=NC=C(c2cc(COc3ccccc3)[nH]n2)CC1. The number of H-pyrrole nitrogens is 1. The first-order valence-electron chi connectivity index (χ1n) is 6.35. The molecule has 0 atom stereocenters. The highest BCUT2D eigenvalue weighted by molar-refractivity contribution is 5.72. The van der Waals surface area contributed by atoms with Crippen LogP contribution in [0.25, 0.3) is 5.57 Å². The van der Waals surface area contributed by atoms with Crippen molar-refractivity contribution in [3.8, 4) is 5.75 Å². The number of rotatable bonds is 4. The molecule has 0 bridgehead atoms. The van der Waals surface area contributed by atoms with Crippen molar-refractivity contribution in [3.63, 3.8) is 0 Å². The Bertz CT molecular complexity index is 599. The normalized spacial score (nSPS) is 14.2. The number of hydrogen-bond acceptors (Lipinski definition) is 3. The first-order valence-corrected chi connectivity index (χ1v) is 6.35. The lowest BCUT2D eigenvalue weighted by atomic mass is 10.1. The summed E-state index contributed by atoms with van der Waals surface area (Å²) in [5.74, 6) is 0.861. The third-order valence-corrected chi connectivity index (χ3v) is 2.98. The van der Waals surface area contributed by atoms with Gasteiger partial charge in [-0.1, -0.05) is 18.2 Å². The molecule has 1 aromatic carbocycles. The van der Waals surface area contributed by atoms with Crippen LogP contribution < -0.4 is 4.74 Å². The number of aromatic nitrogens is 2. The highest BCUT2D eigenvalue weighted by atomic mass is 16.5. The van der Waals surface area contributed by atoms with E-state index in [0.29, 0.717) is 6.61 Å². The average Bonchev–Trinajstić information content (AvgIpc) is 2.96. The van der Waals surface area contributed by atoms with Gasteiger partial charge in [0.2, 0.25) is 0 Å². The van der Waals surface area contributed by atoms with Gasteiger partial charge in [-0.2, -0.15) is 5.10 Å². The zero-order chi connectivity index (χ0) is 12.9. The van der Waals surface area contributed by atoms with E-state index in [0.717, 1.165) is 30.0 Å². The van der Waals surface area contributed by atoms with E-state index in [1.807, 2.05) is 48.8 Å². The predicted octanol–water partition coefficient (Wildman–Crippen LogP) is 3.19. The van der Waals surface area contributed by atoms with E-state index in [2.05, 4.69) is 15.2 Å². The van der Waals surface area contributed by atoms with Crippen molar-refractivity contribution >= 4 is 11.8 Å². The molecule has 1 aliphatic rings. The summed E-state index contributed by atoms with van der Waals surface area (Å²) in [4.78, 5) is 4.17. The molecule has 2 heterocycles. The Morgan fingerprint density at radius 2 is 2.11 bits per heavy atom. The maximum atomic E-state index is 5.67. The van der Waals surface area contributed by atoms with E-state index in [1.54, 1.807) is 0 Å². The van der Waals surface area contributed by atoms with Crippen molar-refractivity contribution in [1.82, 2.24) is 10.2 Å². The van der Waals surface area contributed by atoms with Crippen molar-refractivity contribution < 1.29 is 4.74 Å². The van der Waals surface area contributed by atoms with Gasteiger partial charge in [0.15, 0.2) is 0 Å². The van der Waals surface area contributed by atoms with Crippen LogP contribution in [0.15, 0.2) is 47.6 Å². The third kappa shape index (κ3) is 2.91. The van der Waals surface area contributed by atoms with Gasteiger partial charge in [-0.05, 0) is 36.6 Å². The Hall–Kier alpha value is -2.36. The minimum Gasteiger partial charge on any atom is -0.487 e. The van der Waals surface area contributed by atoms with E-state index >= 15 is 0 Å². The predicted molar refractivity (Wildman–Crippen MR) is 75.1 cm³/mol. The van der Waals surface area contributed by atoms with E-state index in [9.17, 15) is 0 Å². The molecular formula is C15H15N3O. The monoisotopic (exact) mass is 253 g/mol. The van der Waals surface area contributed by atoms with Crippen molar-refractivity contribution in [1.29, 1.82) is 0 Å². The summed E-state index contributed by atoms with van der Waals surface area (Å²) >= 11 is 0. The smallest absolute Gasteiger partial charge is 0.130 e. The lowest BCUT2D eigenvalue weighted by molar-refractivity contribution is 0.301. The number of para-hydroxylation sites is 1. The summed E-state index contributed by atoms with van der Waals surface area (Å²) in [5.41, 5.74) is 3.10. The Balaban J connectivity index is 1.65. The first-order chi connectivity index (χ1) is 9.42. The number of nitrogens with one attached hydrogen (secondary N) is 1. The summed E-state index contributed by atoms with van der Waals surface area (Å²) in [6, 6.07) is 11.8. The number of allylic oxidation sites excluding steroid dienone is 1. The molecule has 2 aromatic rings. The molecule has 0 saturated carbocycles. The second-order valence-electron chi connectivity index (χ2n) is 4.40. The number of ether oxygens (including phenoxy) is 1. The summed E-state index contributed by atoms with van der Waals surface area (Å²) in [7, 11) is 0. The van der Waals surface area contributed by atoms with Gasteiger partial charge < -0.3 is 4.74 Å². The van der Waals surface area contributed by atoms with Gasteiger partial charge in [-0.15, -0.1) is 0 Å². The Labute approximate surface area is 111 Å². The van der Waals surface area contributed by atoms with Crippen LogP contribution in [0.3, 0.4) is 0 Å². The molecule has 1 N–H and O–H groups in total. The molecule has 1 aromatic heterocycles. The minimum absolute atomic E-state index is 0.494. The fourth-order valence-corrected chi connectivity index (χ4v) is 1.97. The molecule has 0 aliphatic carbocycles. The zero-order valence-corrected chi connectivity index (χ0v) is 10.5. The highest BCUT2D eigenvalue weighted by Crippen LogP contribution is 2.21. The van der Waals surface area contributed by atoms with Gasteiger partial charge in [-0.3, -0.25) is 10.1 Å². The Morgan fingerprint density at radius 3 is 2.89 bits per heavy atom. The largest absolute Gasteiger partial charge is 0.487 e. The molecule has 0 radical (unpaired) electrons. The van der Waals surface area contributed by atoms with Gasteiger partial charge in [0.25, 0.3) is 0 Å². The maximum absolute atomic E-state index is 5.67. The zero-order valence-electron chi connectivity index (χ0n) is 10.5. The second kappa shape index (κ2) is 5.52. The molecule has 4 nitrogen and oxygen atoms in total. The fraction of sp³-hybridized carbons (Fsp3) is 0.200. The molecule has 19 heavy (non-hydrogen) atoms. The van der Waals surface area contributed by atoms with Crippen LogP contribution in [0, 0.1) is 0 Å². The molecule has 0 fully saturated rings. The number of aromatic amines is 1. The van der Waals surface area contributed by atoms with Gasteiger partial charge in [0.1, 0.15) is 12.4 Å². The summed E-state index contributed by atoms with van der Waals surface area (Å²) in [6.45, 7) is 0.494. The number of benzene rings is 1. The van der Waals surface area contributed by atoms with Crippen LogP contribution >= 0.6 is 0 Å². The van der Waals surface area contributed by atoms with E-state index in [4.69, 9.17) is 4.74 Å². The molecule has 96 valence electrons. The van der Waals surface area contributed by atoms with Crippen LogP contribution in [0.5, 0.6) is 5.75 Å². The number of aliphatic imine (C=N–C) groups is 1. The van der Waals surface area contributed by atoms with Crippen LogP contribution in [0.1, 0.15) is 24.2 Å². The van der Waals surface area contributed by atoms with Gasteiger partial charge in [-0.25, -0.2) is 0 Å². The van der Waals surface area contributed by atoms with Crippen LogP contribution in [0.4, 0.5) is 0 Å². The van der Waals surface area contributed by atoms with E-state index in [1.165, 1.54) is 5.57 Å². The van der Waals surface area contributed by atoms with Crippen LogP contribution in [0.2, 0.25) is 0 Å². The lowest BCUT2D eigenvalue weighted by Gasteiger charge is -2.04. The van der Waals surface area contributed by atoms with E-state index in [-0.39, 0.29) is 0 Å². The highest BCUT2D eigenvalue weighted by Gasteiger charge is 2.08. The van der Waals surface area contributed by atoms with Gasteiger partial charge >= 0.3 is 0 Å². The van der Waals surface area contributed by atoms with Crippen molar-refractivity contribution in [2.45, 2.75) is 19.4 Å². The summed E-state index contributed by atoms with van der Waals surface area (Å²) < 4.78 is 5.67. The molecule has 1 aliphatic heterocycles. The van der Waals surface area contributed by atoms with Crippen LogP contribution in [-0.4, -0.2) is 16.4 Å². The summed E-state index contributed by atoms with van der Waals surface area (Å²) in [6.07, 6.45) is 5.78. The molecule has 4 heteroatoms. The Kier molecular flexibility index (Phi) is 3.40. The second-order valence-corrected chi connectivity index (χ2v) is 4.40. The third-order valence-electron chi connectivity index (χ3n) is 2.98. The van der Waals surface area contributed by atoms with Crippen LogP contribution in [-0.2, 0) is 6.61 Å². The molecular weight excluding hydrogens is 238 g/mol. The average molecular weight is 253 g/mol. The topological polar surface area (TPSA) is 50.3 Å². The van der Waals surface area contributed by atoms with Crippen molar-refractivity contribution in [3.05, 3.63) is 54.0 Å². The number of hydrogen-bond donors (Lipinski definition) is 1. The molecule has 3 rings (SSSR count). The molecule has 0 amide bonds. The van der Waals surface area contributed by atoms with E-state index < -0.39 is 0 Å². The molecule has 0 unspecified atom stereocenters. The standard InChI is InChI=1S/C15H15N3O/c1-2-6-14(7-3-1)19-11-13-9-15(18-17-13)12-5-4-8-16-10-12/h1-3,6-10H,4-5,11H2,(H,17,18). The first kappa shape index (κ1) is 11.7. The molecule has 0 saturated heterocycles. The summed E-state index contributed by atoms with van der Waals surface area (Å²) in [5, 5.41) is 7.31. The lowest BCUT2D eigenvalue weighted by Crippen LogP contribution is -1.95. The van der Waals surface area contributed by atoms with Gasteiger partial charge in [0, 0.05) is 12.4 Å². The van der Waals surface area contributed by atoms with Crippen molar-refractivity contribution in [2.75, 3.05) is 0 Å². The van der Waals surface area contributed by atoms with Crippen molar-refractivity contribution in [2.24, 2.45) is 4.99 Å².